The molecule has 342 valence electrons. The van der Waals surface area contributed by atoms with Crippen molar-refractivity contribution in [1.82, 2.24) is 0 Å². The van der Waals surface area contributed by atoms with E-state index < -0.39 is 123 Å². The maximum atomic E-state index is 11.0. The van der Waals surface area contributed by atoms with Crippen LogP contribution in [-0.2, 0) is 90.0 Å². The fourth-order valence-corrected chi connectivity index (χ4v) is 8.37. The van der Waals surface area contributed by atoms with Crippen LogP contribution in [0, 0.1) is 0 Å². The first-order valence-electron chi connectivity index (χ1n) is 19.2. The summed E-state index contributed by atoms with van der Waals surface area (Å²) in [5, 5.41) is 21.1. The lowest BCUT2D eigenvalue weighted by atomic mass is 9.93. The first kappa shape index (κ1) is 49.8. The summed E-state index contributed by atoms with van der Waals surface area (Å²) >= 11 is 0. The zero-order valence-corrected chi connectivity index (χ0v) is 35.7. The zero-order chi connectivity index (χ0) is 42.5. The Bertz CT molecular complexity index is 1130. The van der Waals surface area contributed by atoms with Crippen LogP contribution in [0.4, 0.5) is 0 Å². The van der Waals surface area contributed by atoms with Gasteiger partial charge in [-0.3, -0.25) is 0 Å². The van der Waals surface area contributed by atoms with Crippen LogP contribution in [0.15, 0.2) is 0 Å². The van der Waals surface area contributed by atoms with Crippen molar-refractivity contribution in [2.75, 3.05) is 118 Å². The molecule has 4 fully saturated rings. The third-order valence-corrected chi connectivity index (χ3v) is 11.1. The number of methoxy groups -OCH3 is 12. The lowest BCUT2D eigenvalue weighted by molar-refractivity contribution is -0.391. The fraction of sp³-hybridized carbons (Fsp3) is 1.00. The molecule has 0 aromatic rings. The molecule has 21 heteroatoms. The predicted octanol–water partition coefficient (Wildman–Crippen LogP) is -1.86. The van der Waals surface area contributed by atoms with Crippen LogP contribution in [0.1, 0.15) is 0 Å². The molecule has 0 spiro atoms. The summed E-state index contributed by atoms with van der Waals surface area (Å²) in [6.45, 7) is -0.0330. The Labute approximate surface area is 341 Å². The Morgan fingerprint density at radius 2 is 0.621 bits per heavy atom. The summed E-state index contributed by atoms with van der Waals surface area (Å²) in [5.74, 6) is 0. The molecule has 21 nitrogen and oxygen atoms in total. The van der Waals surface area contributed by atoms with E-state index in [-0.39, 0.29) is 33.0 Å². The lowest BCUT2D eigenvalue weighted by Crippen LogP contribution is -2.68. The van der Waals surface area contributed by atoms with Crippen molar-refractivity contribution in [3.63, 3.8) is 0 Å². The molecular formula is C37H68O21. The van der Waals surface area contributed by atoms with Gasteiger partial charge in [0.2, 0.25) is 0 Å². The molecule has 0 radical (unpaired) electrons. The topological polar surface area (TPSA) is 216 Å². The van der Waals surface area contributed by atoms with E-state index in [9.17, 15) is 10.2 Å². The molecule has 2 N–H and O–H groups in total. The maximum absolute atomic E-state index is 11.0. The van der Waals surface area contributed by atoms with E-state index in [0.29, 0.717) is 0 Å². The van der Waals surface area contributed by atoms with Crippen LogP contribution in [0.3, 0.4) is 0 Å². The van der Waals surface area contributed by atoms with Crippen LogP contribution < -0.4 is 0 Å². The molecule has 0 amide bonds. The summed E-state index contributed by atoms with van der Waals surface area (Å²) in [6.07, 6.45) is -17.1. The van der Waals surface area contributed by atoms with E-state index in [1.165, 1.54) is 85.3 Å². The summed E-state index contributed by atoms with van der Waals surface area (Å²) in [4.78, 5) is 0. The van der Waals surface area contributed by atoms with Gasteiger partial charge in [-0.15, -0.1) is 0 Å². The highest BCUT2D eigenvalue weighted by molar-refractivity contribution is 5.00. The molecule has 58 heavy (non-hydrogen) atoms. The lowest BCUT2D eigenvalue weighted by Gasteiger charge is -2.51. The smallest absolute Gasteiger partial charge is 0.187 e. The first-order chi connectivity index (χ1) is 28.1. The minimum absolute atomic E-state index is 0.0440. The van der Waals surface area contributed by atoms with Crippen molar-refractivity contribution in [2.45, 2.75) is 123 Å². The van der Waals surface area contributed by atoms with E-state index in [1.54, 1.807) is 0 Å². The highest BCUT2D eigenvalue weighted by atomic mass is 16.8. The van der Waals surface area contributed by atoms with Crippen LogP contribution in [0.25, 0.3) is 0 Å². The average molecular weight is 849 g/mol. The zero-order valence-electron chi connectivity index (χ0n) is 35.7. The number of aliphatic hydroxyl groups is 2. The average Bonchev–Trinajstić information content (AvgIpc) is 3.23. The second-order valence-electron chi connectivity index (χ2n) is 14.2. The summed E-state index contributed by atoms with van der Waals surface area (Å²) in [6, 6.07) is 0. The summed E-state index contributed by atoms with van der Waals surface area (Å²) in [5.41, 5.74) is 0. The normalized spacial score (nSPS) is 43.8. The number of hydrogen-bond acceptors (Lipinski definition) is 21. The molecule has 0 bridgehead atoms. The Morgan fingerprint density at radius 1 is 0.328 bits per heavy atom. The van der Waals surface area contributed by atoms with Crippen LogP contribution >= 0.6 is 0 Å². The maximum Gasteiger partial charge on any atom is 0.187 e. The number of hydrogen-bond donors (Lipinski definition) is 2. The molecule has 4 heterocycles. The molecular weight excluding hydrogens is 780 g/mol. The monoisotopic (exact) mass is 848 g/mol. The number of ether oxygens (including phenoxy) is 19. The van der Waals surface area contributed by atoms with E-state index in [4.69, 9.17) is 90.0 Å². The third-order valence-electron chi connectivity index (χ3n) is 11.1. The van der Waals surface area contributed by atoms with E-state index in [2.05, 4.69) is 0 Å². The Balaban J connectivity index is 1.62. The summed E-state index contributed by atoms with van der Waals surface area (Å²) < 4.78 is 115. The van der Waals surface area contributed by atoms with Crippen molar-refractivity contribution in [3.05, 3.63) is 0 Å². The van der Waals surface area contributed by atoms with Crippen LogP contribution in [0.5, 0.6) is 0 Å². The van der Waals surface area contributed by atoms with Gasteiger partial charge in [0.25, 0.3) is 0 Å². The van der Waals surface area contributed by atoms with Gasteiger partial charge in [-0.2, -0.15) is 0 Å². The van der Waals surface area contributed by atoms with Crippen LogP contribution in [-0.4, -0.2) is 251 Å². The standard InChI is InChI=1S/C37H68O21/c1-40-14-19-23(39)28(45-6)32(49-10)35(53-19)57-26-21(16-42-3)55-37(34(51-12)30(26)47-8)58-27-22(17-43-4)54-36(33(50-11)31(27)48-9)56-25-20(15-41-2)52-18(13-38)24(44-5)29(25)46-7/h18-39H,13-17H2,1-12H3/t18-,19?,20?,21?,22?,23-,24?,25-,26-,27-,28+,29-,30+,31+,32?,33?,34?,35+,36+,37+/m1/s1. The van der Waals surface area contributed by atoms with Gasteiger partial charge in [-0.1, -0.05) is 0 Å². The molecule has 20 atom stereocenters. The molecule has 4 aliphatic heterocycles. The van der Waals surface area contributed by atoms with Gasteiger partial charge in [0, 0.05) is 85.3 Å². The predicted molar refractivity (Wildman–Crippen MR) is 196 cm³/mol. The third kappa shape index (κ3) is 11.0. The second kappa shape index (κ2) is 24.7. The van der Waals surface area contributed by atoms with E-state index in [0.717, 1.165) is 0 Å². The van der Waals surface area contributed by atoms with Crippen molar-refractivity contribution >= 4 is 0 Å². The van der Waals surface area contributed by atoms with Gasteiger partial charge in [0.05, 0.1) is 33.0 Å². The first-order valence-corrected chi connectivity index (χ1v) is 19.2. The molecule has 8 unspecified atom stereocenters. The molecule has 0 aromatic heterocycles. The molecule has 4 saturated heterocycles. The van der Waals surface area contributed by atoms with E-state index in [1.807, 2.05) is 0 Å². The SMILES string of the molecule is COCC1O[C@@H](O[C@@H]2C(COC)O[C@@H](O[C@@H]3C(COC)O[C@@H](O[C@@H]4C(COC)O[C@H](CO)C(OC)[C@H]4OC)C(OC)[C@H]3OC)C(OC)[C@H]2OC)C(OC)[C@@H](OC)[C@@H]1O. The molecule has 4 rings (SSSR count). The van der Waals surface area contributed by atoms with E-state index >= 15 is 0 Å². The Hall–Kier alpha value is -0.840. The van der Waals surface area contributed by atoms with Gasteiger partial charge in [0.15, 0.2) is 18.9 Å². The van der Waals surface area contributed by atoms with Gasteiger partial charge >= 0.3 is 0 Å². The van der Waals surface area contributed by atoms with Crippen LogP contribution in [0.2, 0.25) is 0 Å². The van der Waals surface area contributed by atoms with Crippen molar-refractivity contribution in [3.8, 4) is 0 Å². The number of aliphatic hydroxyl groups excluding tert-OH is 2. The van der Waals surface area contributed by atoms with Gasteiger partial charge in [0.1, 0.15) is 104 Å². The van der Waals surface area contributed by atoms with Crippen molar-refractivity contribution < 1.29 is 100 Å². The quantitative estimate of drug-likeness (QED) is 0.115. The molecule has 4 aliphatic rings. The highest BCUT2D eigenvalue weighted by Crippen LogP contribution is 2.38. The van der Waals surface area contributed by atoms with Gasteiger partial charge in [-0.05, 0) is 0 Å². The molecule has 0 aliphatic carbocycles. The number of rotatable bonds is 23. The largest absolute Gasteiger partial charge is 0.394 e. The molecule has 0 saturated carbocycles. The minimum atomic E-state index is -1.11. The Kier molecular flexibility index (Phi) is 21.2. The van der Waals surface area contributed by atoms with Gasteiger partial charge in [-0.25, -0.2) is 0 Å². The summed E-state index contributed by atoms with van der Waals surface area (Å²) in [7, 11) is 18.1. The second-order valence-corrected chi connectivity index (χ2v) is 14.2. The van der Waals surface area contributed by atoms with Crippen molar-refractivity contribution in [1.29, 1.82) is 0 Å². The minimum Gasteiger partial charge on any atom is -0.394 e. The Morgan fingerprint density at radius 3 is 0.948 bits per heavy atom. The fourth-order valence-electron chi connectivity index (χ4n) is 8.37. The molecule has 0 aromatic carbocycles. The highest BCUT2D eigenvalue weighted by Gasteiger charge is 2.57. The van der Waals surface area contributed by atoms with Gasteiger partial charge < -0.3 is 100 Å². The van der Waals surface area contributed by atoms with Crippen molar-refractivity contribution in [2.24, 2.45) is 0 Å².